The number of imidazole rings is 1. The number of fused-ring (bicyclic) bond motifs is 1. The van der Waals surface area contributed by atoms with E-state index in [1.165, 1.54) is 0 Å². The van der Waals surface area contributed by atoms with Crippen molar-refractivity contribution in [1.82, 2.24) is 19.9 Å². The molecule has 19 heavy (non-hydrogen) atoms. The number of hydrogen-bond acceptors (Lipinski definition) is 3. The molecule has 2 heterocycles. The second kappa shape index (κ2) is 6.21. The van der Waals surface area contributed by atoms with Gasteiger partial charge in [-0.15, -0.1) is 11.6 Å². The van der Waals surface area contributed by atoms with Crippen LogP contribution < -0.4 is 5.32 Å². The van der Waals surface area contributed by atoms with Gasteiger partial charge in [0.25, 0.3) is 0 Å². The number of amides is 1. The molecular weight excluding hydrogens is 287 g/mol. The first-order chi connectivity index (χ1) is 9.17. The highest BCUT2D eigenvalue weighted by atomic mass is 35.5. The third-order valence-corrected chi connectivity index (χ3v) is 3.26. The highest BCUT2D eigenvalue weighted by molar-refractivity contribution is 6.34. The molecule has 0 saturated carbocycles. The Hall–Kier alpha value is -1.33. The molecule has 2 aromatic heterocycles. The van der Waals surface area contributed by atoms with Gasteiger partial charge in [0.15, 0.2) is 0 Å². The fourth-order valence-electron chi connectivity index (χ4n) is 1.94. The van der Waals surface area contributed by atoms with Gasteiger partial charge in [0.1, 0.15) is 11.3 Å². The van der Waals surface area contributed by atoms with E-state index in [0.29, 0.717) is 35.9 Å². The van der Waals surface area contributed by atoms with Crippen LogP contribution in [0.2, 0.25) is 5.02 Å². The van der Waals surface area contributed by atoms with Crippen molar-refractivity contribution >= 4 is 40.1 Å². The molecule has 0 radical (unpaired) electrons. The number of nitrogens with one attached hydrogen (secondary N) is 1. The van der Waals surface area contributed by atoms with Crippen LogP contribution in [-0.2, 0) is 17.2 Å². The third kappa shape index (κ3) is 2.98. The summed E-state index contributed by atoms with van der Waals surface area (Å²) >= 11 is 12.0. The number of hydrogen-bond donors (Lipinski definition) is 1. The van der Waals surface area contributed by atoms with Crippen molar-refractivity contribution in [2.75, 3.05) is 6.54 Å². The van der Waals surface area contributed by atoms with Crippen LogP contribution in [0.4, 0.5) is 0 Å². The molecule has 0 aromatic carbocycles. The van der Waals surface area contributed by atoms with Crippen molar-refractivity contribution in [2.24, 2.45) is 0 Å². The lowest BCUT2D eigenvalue weighted by atomic mass is 10.3. The molecule has 0 bridgehead atoms. The third-order valence-electron chi connectivity index (χ3n) is 2.74. The van der Waals surface area contributed by atoms with Crippen LogP contribution >= 0.6 is 23.2 Å². The number of aryl methyl sites for hydroxylation is 1. The summed E-state index contributed by atoms with van der Waals surface area (Å²) in [5.41, 5.74) is 1.47. The van der Waals surface area contributed by atoms with Crippen LogP contribution in [0.15, 0.2) is 12.4 Å². The second-order valence-corrected chi connectivity index (χ2v) is 4.68. The van der Waals surface area contributed by atoms with E-state index >= 15 is 0 Å². The molecule has 7 heteroatoms. The minimum atomic E-state index is -0.00458. The summed E-state index contributed by atoms with van der Waals surface area (Å²) < 4.78 is 1.88. The molecule has 0 unspecified atom stereocenters. The molecule has 0 saturated heterocycles. The topological polar surface area (TPSA) is 59.8 Å². The SMILES string of the molecule is CCNC(=O)CCn1c(CCl)nc2cncc(Cl)c21. The number of alkyl halides is 1. The van der Waals surface area contributed by atoms with E-state index in [4.69, 9.17) is 23.2 Å². The monoisotopic (exact) mass is 300 g/mol. The lowest BCUT2D eigenvalue weighted by molar-refractivity contribution is -0.121. The average molecular weight is 301 g/mol. The van der Waals surface area contributed by atoms with Crippen molar-refractivity contribution in [3.8, 4) is 0 Å². The molecule has 102 valence electrons. The number of pyridine rings is 1. The fraction of sp³-hybridized carbons (Fsp3) is 0.417. The number of rotatable bonds is 5. The molecule has 0 aliphatic rings. The quantitative estimate of drug-likeness (QED) is 0.862. The van der Waals surface area contributed by atoms with Crippen molar-refractivity contribution < 1.29 is 4.79 Å². The zero-order valence-corrected chi connectivity index (χ0v) is 12.0. The Balaban J connectivity index is 2.32. The zero-order chi connectivity index (χ0) is 13.8. The molecule has 0 fully saturated rings. The molecule has 0 aliphatic carbocycles. The Morgan fingerprint density at radius 2 is 2.26 bits per heavy atom. The van der Waals surface area contributed by atoms with Gasteiger partial charge in [-0.05, 0) is 6.92 Å². The van der Waals surface area contributed by atoms with E-state index in [9.17, 15) is 4.79 Å². The predicted octanol–water partition coefficient (Wildman–Crippen LogP) is 2.35. The molecular formula is C12H14Cl2N4O. The molecule has 1 amide bonds. The van der Waals surface area contributed by atoms with Gasteiger partial charge in [-0.25, -0.2) is 4.98 Å². The number of halogens is 2. The summed E-state index contributed by atoms with van der Waals surface area (Å²) in [5.74, 6) is 0.950. The van der Waals surface area contributed by atoms with E-state index in [1.54, 1.807) is 12.4 Å². The minimum absolute atomic E-state index is 0.00458. The Morgan fingerprint density at radius 1 is 1.47 bits per heavy atom. The minimum Gasteiger partial charge on any atom is -0.356 e. The first-order valence-corrected chi connectivity index (χ1v) is 6.90. The van der Waals surface area contributed by atoms with Crippen LogP contribution in [0.25, 0.3) is 11.0 Å². The fourth-order valence-corrected chi connectivity index (χ4v) is 2.40. The Bertz CT molecular complexity index is 597. The Kier molecular flexibility index (Phi) is 4.61. The van der Waals surface area contributed by atoms with Crippen molar-refractivity contribution in [3.63, 3.8) is 0 Å². The standard InChI is InChI=1S/C12H14Cl2N4O/c1-2-16-11(19)3-4-18-10(5-13)17-9-7-15-6-8(14)12(9)18/h6-7H,2-5H2,1H3,(H,16,19). The molecule has 0 spiro atoms. The van der Waals surface area contributed by atoms with Crippen molar-refractivity contribution in [3.05, 3.63) is 23.2 Å². The van der Waals surface area contributed by atoms with Crippen LogP contribution in [0.1, 0.15) is 19.2 Å². The largest absolute Gasteiger partial charge is 0.356 e. The number of carbonyl (C=O) groups is 1. The smallest absolute Gasteiger partial charge is 0.221 e. The van der Waals surface area contributed by atoms with E-state index in [0.717, 1.165) is 5.52 Å². The maximum Gasteiger partial charge on any atom is 0.221 e. The van der Waals surface area contributed by atoms with Crippen LogP contribution in [0, 0.1) is 0 Å². The highest BCUT2D eigenvalue weighted by Crippen LogP contribution is 2.24. The zero-order valence-electron chi connectivity index (χ0n) is 10.5. The van der Waals surface area contributed by atoms with E-state index in [1.807, 2.05) is 11.5 Å². The summed E-state index contributed by atoms with van der Waals surface area (Å²) in [7, 11) is 0. The first-order valence-electron chi connectivity index (χ1n) is 5.98. The number of carbonyl (C=O) groups excluding carboxylic acids is 1. The highest BCUT2D eigenvalue weighted by Gasteiger charge is 2.14. The first kappa shape index (κ1) is 14.1. The normalized spacial score (nSPS) is 10.9. The molecule has 2 aromatic rings. The molecule has 0 atom stereocenters. The van der Waals surface area contributed by atoms with Gasteiger partial charge in [-0.2, -0.15) is 0 Å². The summed E-state index contributed by atoms with van der Waals surface area (Å²) in [5, 5.41) is 3.27. The van der Waals surface area contributed by atoms with Crippen molar-refractivity contribution in [1.29, 1.82) is 0 Å². The molecule has 1 N–H and O–H groups in total. The van der Waals surface area contributed by atoms with Gasteiger partial charge in [0.05, 0.1) is 22.6 Å². The Labute approximate surface area is 120 Å². The van der Waals surface area contributed by atoms with E-state index in [2.05, 4.69) is 15.3 Å². The maximum absolute atomic E-state index is 11.5. The van der Waals surface area contributed by atoms with Crippen LogP contribution in [0.5, 0.6) is 0 Å². The number of nitrogens with zero attached hydrogens (tertiary/aromatic N) is 3. The summed E-state index contributed by atoms with van der Waals surface area (Å²) in [6.07, 6.45) is 3.56. The van der Waals surface area contributed by atoms with Crippen LogP contribution in [-0.4, -0.2) is 27.0 Å². The Morgan fingerprint density at radius 3 is 2.95 bits per heavy atom. The van der Waals surface area contributed by atoms with Gasteiger partial charge in [-0.3, -0.25) is 9.78 Å². The van der Waals surface area contributed by atoms with E-state index < -0.39 is 0 Å². The van der Waals surface area contributed by atoms with Gasteiger partial charge in [0.2, 0.25) is 5.91 Å². The van der Waals surface area contributed by atoms with Gasteiger partial charge in [-0.1, -0.05) is 11.6 Å². The molecule has 2 rings (SSSR count). The average Bonchev–Trinajstić information content (AvgIpc) is 2.76. The predicted molar refractivity (Wildman–Crippen MR) is 75.4 cm³/mol. The summed E-state index contributed by atoms with van der Waals surface area (Å²) in [6.45, 7) is 3.00. The van der Waals surface area contributed by atoms with Crippen molar-refractivity contribution in [2.45, 2.75) is 25.8 Å². The molecule has 0 aliphatic heterocycles. The summed E-state index contributed by atoms with van der Waals surface area (Å²) in [6, 6.07) is 0. The van der Waals surface area contributed by atoms with Crippen LogP contribution in [0.3, 0.4) is 0 Å². The van der Waals surface area contributed by atoms with Gasteiger partial charge >= 0.3 is 0 Å². The lowest BCUT2D eigenvalue weighted by Gasteiger charge is -2.08. The maximum atomic E-state index is 11.5. The van der Waals surface area contributed by atoms with E-state index in [-0.39, 0.29) is 11.8 Å². The lowest BCUT2D eigenvalue weighted by Crippen LogP contribution is -2.24. The van der Waals surface area contributed by atoms with Gasteiger partial charge in [0, 0.05) is 25.7 Å². The second-order valence-electron chi connectivity index (χ2n) is 4.01. The molecule has 5 nitrogen and oxygen atoms in total. The summed E-state index contributed by atoms with van der Waals surface area (Å²) in [4.78, 5) is 19.9. The number of aromatic nitrogens is 3. The van der Waals surface area contributed by atoms with Gasteiger partial charge < -0.3 is 9.88 Å².